The Morgan fingerprint density at radius 2 is 2.36 bits per heavy atom. The minimum Gasteiger partial charge on any atom is -0.466 e. The van der Waals surface area contributed by atoms with Gasteiger partial charge in [0.15, 0.2) is 0 Å². The lowest BCUT2D eigenvalue weighted by molar-refractivity contribution is -0.136. The molecule has 1 aliphatic rings. The minimum absolute atomic E-state index is 0.135. The van der Waals surface area contributed by atoms with Crippen molar-refractivity contribution in [1.82, 2.24) is 0 Å². The number of hydrogen-bond acceptors (Lipinski definition) is 2. The summed E-state index contributed by atoms with van der Waals surface area (Å²) in [4.78, 5) is 11.5. The highest BCUT2D eigenvalue weighted by atomic mass is 35.5. The number of carbonyl (C=O) groups excluding carboxylic acids is 1. The number of rotatable bonds is 3. The van der Waals surface area contributed by atoms with E-state index in [1.807, 2.05) is 6.92 Å². The predicted molar refractivity (Wildman–Crippen MR) is 57.3 cm³/mol. The van der Waals surface area contributed by atoms with Gasteiger partial charge in [-0.1, -0.05) is 12.2 Å². The van der Waals surface area contributed by atoms with Crippen LogP contribution in [0.5, 0.6) is 0 Å². The summed E-state index contributed by atoms with van der Waals surface area (Å²) in [5.41, 5.74) is 2.74. The Morgan fingerprint density at radius 3 is 2.79 bits per heavy atom. The number of carbonyl (C=O) groups is 1. The van der Waals surface area contributed by atoms with Gasteiger partial charge >= 0.3 is 5.97 Å². The Labute approximate surface area is 89.6 Å². The second kappa shape index (κ2) is 4.65. The van der Waals surface area contributed by atoms with Crippen LogP contribution in [0.15, 0.2) is 23.3 Å². The lowest BCUT2D eigenvalue weighted by atomic mass is 9.94. The molecule has 1 rings (SSSR count). The van der Waals surface area contributed by atoms with Crippen molar-refractivity contribution in [1.29, 1.82) is 0 Å². The smallest absolute Gasteiger partial charge is 0.334 e. The first-order chi connectivity index (χ1) is 6.61. The second-order valence-electron chi connectivity index (χ2n) is 3.58. The molecule has 78 valence electrons. The molecule has 1 atom stereocenters. The van der Waals surface area contributed by atoms with Gasteiger partial charge in [0.25, 0.3) is 0 Å². The molecule has 0 aromatic heterocycles. The van der Waals surface area contributed by atoms with E-state index in [4.69, 9.17) is 16.3 Å². The van der Waals surface area contributed by atoms with E-state index in [1.165, 1.54) is 7.11 Å². The summed E-state index contributed by atoms with van der Waals surface area (Å²) in [6.07, 6.45) is 1.81. The average molecular weight is 215 g/mol. The minimum atomic E-state index is -0.258. The van der Waals surface area contributed by atoms with Crippen molar-refractivity contribution in [2.24, 2.45) is 5.92 Å². The van der Waals surface area contributed by atoms with Crippen molar-refractivity contribution in [2.45, 2.75) is 19.8 Å². The van der Waals surface area contributed by atoms with Crippen molar-refractivity contribution in [3.05, 3.63) is 23.3 Å². The molecule has 0 fully saturated rings. The number of halogens is 1. The molecule has 1 aliphatic carbocycles. The molecule has 0 saturated heterocycles. The number of methoxy groups -OCH3 is 1. The summed E-state index contributed by atoms with van der Waals surface area (Å²) < 4.78 is 4.75. The molecule has 3 heteroatoms. The van der Waals surface area contributed by atoms with Crippen molar-refractivity contribution in [2.75, 3.05) is 13.0 Å². The highest BCUT2D eigenvalue weighted by molar-refractivity contribution is 6.20. The molecule has 0 aromatic carbocycles. The van der Waals surface area contributed by atoms with Crippen LogP contribution in [0.4, 0.5) is 0 Å². The molecule has 0 bridgehead atoms. The summed E-state index contributed by atoms with van der Waals surface area (Å²) in [5.74, 6) is 0.288. The zero-order valence-corrected chi connectivity index (χ0v) is 9.36. The standard InChI is InChI=1S/C11H15ClO2/c1-7(2)9-5-4-8(6-12)10(9)11(13)14-3/h9H,1,4-6H2,2-3H3. The van der Waals surface area contributed by atoms with Crippen LogP contribution >= 0.6 is 11.6 Å². The van der Waals surface area contributed by atoms with Crippen LogP contribution in [0, 0.1) is 5.92 Å². The normalized spacial score (nSPS) is 21.2. The van der Waals surface area contributed by atoms with Crippen LogP contribution in [0.25, 0.3) is 0 Å². The quantitative estimate of drug-likeness (QED) is 0.410. The first-order valence-electron chi connectivity index (χ1n) is 4.63. The summed E-state index contributed by atoms with van der Waals surface area (Å²) in [5, 5.41) is 0. The predicted octanol–water partition coefficient (Wildman–Crippen LogP) is 2.68. The molecule has 0 radical (unpaired) electrons. The van der Waals surface area contributed by atoms with E-state index in [0.29, 0.717) is 5.88 Å². The fourth-order valence-electron chi connectivity index (χ4n) is 1.87. The second-order valence-corrected chi connectivity index (χ2v) is 3.85. The SMILES string of the molecule is C=C(C)C1CCC(CCl)=C1C(=O)OC. The maximum atomic E-state index is 11.5. The Morgan fingerprint density at radius 1 is 1.71 bits per heavy atom. The van der Waals surface area contributed by atoms with E-state index in [-0.39, 0.29) is 11.9 Å². The van der Waals surface area contributed by atoms with E-state index >= 15 is 0 Å². The third-order valence-electron chi connectivity index (χ3n) is 2.63. The molecular formula is C11H15ClO2. The maximum absolute atomic E-state index is 11.5. The summed E-state index contributed by atoms with van der Waals surface area (Å²) in [6, 6.07) is 0. The molecule has 0 spiro atoms. The zero-order valence-electron chi connectivity index (χ0n) is 8.60. The van der Waals surface area contributed by atoms with Crippen LogP contribution in [0.3, 0.4) is 0 Å². The summed E-state index contributed by atoms with van der Waals surface area (Å²) in [7, 11) is 1.40. The van der Waals surface area contributed by atoms with Crippen LogP contribution in [0.2, 0.25) is 0 Å². The fourth-order valence-corrected chi connectivity index (χ4v) is 2.15. The first kappa shape index (κ1) is 11.3. The molecule has 0 aliphatic heterocycles. The van der Waals surface area contributed by atoms with Gasteiger partial charge in [-0.3, -0.25) is 0 Å². The zero-order chi connectivity index (χ0) is 10.7. The molecule has 0 aromatic rings. The number of esters is 1. The van der Waals surface area contributed by atoms with Gasteiger partial charge in [-0.2, -0.15) is 0 Å². The van der Waals surface area contributed by atoms with Crippen molar-refractivity contribution < 1.29 is 9.53 Å². The van der Waals surface area contributed by atoms with Gasteiger partial charge in [-0.05, 0) is 25.3 Å². The van der Waals surface area contributed by atoms with Gasteiger partial charge in [0, 0.05) is 17.4 Å². The Kier molecular flexibility index (Phi) is 3.76. The molecule has 1 unspecified atom stereocenters. The largest absolute Gasteiger partial charge is 0.466 e. The third-order valence-corrected chi connectivity index (χ3v) is 2.95. The van der Waals surface area contributed by atoms with Gasteiger partial charge < -0.3 is 4.74 Å². The topological polar surface area (TPSA) is 26.3 Å². The number of hydrogen-bond donors (Lipinski definition) is 0. The van der Waals surface area contributed by atoms with Gasteiger partial charge in [0.1, 0.15) is 0 Å². The van der Waals surface area contributed by atoms with Gasteiger partial charge in [-0.15, -0.1) is 11.6 Å². The summed E-state index contributed by atoms with van der Waals surface area (Å²) in [6.45, 7) is 5.82. The lowest BCUT2D eigenvalue weighted by Crippen LogP contribution is -2.13. The highest BCUT2D eigenvalue weighted by Crippen LogP contribution is 2.37. The van der Waals surface area contributed by atoms with E-state index in [1.54, 1.807) is 0 Å². The monoisotopic (exact) mass is 214 g/mol. The molecule has 0 N–H and O–H groups in total. The Hall–Kier alpha value is -0.760. The van der Waals surface area contributed by atoms with Gasteiger partial charge in [-0.25, -0.2) is 4.79 Å². The number of alkyl halides is 1. The van der Waals surface area contributed by atoms with E-state index in [2.05, 4.69) is 6.58 Å². The molecule has 0 amide bonds. The molecule has 14 heavy (non-hydrogen) atoms. The maximum Gasteiger partial charge on any atom is 0.334 e. The van der Waals surface area contributed by atoms with Crippen molar-refractivity contribution >= 4 is 17.6 Å². The third kappa shape index (κ3) is 2.01. The van der Waals surface area contributed by atoms with Crippen molar-refractivity contribution in [3.63, 3.8) is 0 Å². The van der Waals surface area contributed by atoms with E-state index in [9.17, 15) is 4.79 Å². The number of allylic oxidation sites excluding steroid dienone is 2. The van der Waals surface area contributed by atoms with Crippen LogP contribution in [-0.2, 0) is 9.53 Å². The Balaban J connectivity index is 3.00. The van der Waals surface area contributed by atoms with E-state index < -0.39 is 0 Å². The first-order valence-corrected chi connectivity index (χ1v) is 5.16. The fraction of sp³-hybridized carbons (Fsp3) is 0.545. The van der Waals surface area contributed by atoms with Gasteiger partial charge in [0.05, 0.1) is 7.11 Å². The Bertz CT molecular complexity index is 292. The molecule has 0 heterocycles. The molecule has 0 saturated carbocycles. The highest BCUT2D eigenvalue weighted by Gasteiger charge is 2.30. The number of ether oxygens (including phenoxy) is 1. The average Bonchev–Trinajstić information content (AvgIpc) is 2.59. The lowest BCUT2D eigenvalue weighted by Gasteiger charge is -2.13. The van der Waals surface area contributed by atoms with Crippen LogP contribution in [0.1, 0.15) is 19.8 Å². The van der Waals surface area contributed by atoms with Crippen LogP contribution in [-0.4, -0.2) is 19.0 Å². The molecular weight excluding hydrogens is 200 g/mol. The van der Waals surface area contributed by atoms with Crippen LogP contribution < -0.4 is 0 Å². The summed E-state index contributed by atoms with van der Waals surface area (Å²) >= 11 is 5.78. The van der Waals surface area contributed by atoms with Gasteiger partial charge in [0.2, 0.25) is 0 Å². The van der Waals surface area contributed by atoms with E-state index in [0.717, 1.165) is 29.6 Å². The van der Waals surface area contributed by atoms with Crippen molar-refractivity contribution in [3.8, 4) is 0 Å². The molecule has 2 nitrogen and oxygen atoms in total.